The number of carbonyl (C=O) groups is 1. The molecule has 8 nitrogen and oxygen atoms in total. The second-order valence-electron chi connectivity index (χ2n) is 7.39. The molecule has 1 atom stereocenters. The molecular weight excluding hydrogens is 451 g/mol. The van der Waals surface area contributed by atoms with Crippen LogP contribution in [-0.4, -0.2) is 45.2 Å². The zero-order valence-corrected chi connectivity index (χ0v) is 18.9. The summed E-state index contributed by atoms with van der Waals surface area (Å²) in [7, 11) is 0. The molecule has 4 rings (SSSR count). The maximum Gasteiger partial charge on any atom is 0.258 e. The zero-order chi connectivity index (χ0) is 22.7. The number of hydrogen-bond acceptors (Lipinski definition) is 7. The Kier molecular flexibility index (Phi) is 6.74. The van der Waals surface area contributed by atoms with Crippen LogP contribution in [0.4, 0.5) is 23.3 Å². The molecule has 0 radical (unpaired) electrons. The number of hydrogen-bond donors (Lipinski definition) is 3. The first-order valence-electron chi connectivity index (χ1n) is 10.2. The summed E-state index contributed by atoms with van der Waals surface area (Å²) in [6, 6.07) is 10.1. The topological polar surface area (TPSA) is 103 Å². The molecule has 1 aliphatic rings. The Bertz CT molecular complexity index is 1120. The average molecular weight is 473 g/mol. The van der Waals surface area contributed by atoms with Crippen LogP contribution >= 0.6 is 23.2 Å². The normalized spacial score (nSPS) is 15.6. The Morgan fingerprint density at radius 1 is 1.19 bits per heavy atom. The first-order valence-corrected chi connectivity index (χ1v) is 11.0. The van der Waals surface area contributed by atoms with Gasteiger partial charge < -0.3 is 20.6 Å². The number of aryl methyl sites for hydroxylation is 1. The maximum absolute atomic E-state index is 12.7. The van der Waals surface area contributed by atoms with Gasteiger partial charge in [0.2, 0.25) is 5.95 Å². The number of pyridine rings is 1. The number of anilines is 4. The Balaban J connectivity index is 1.53. The van der Waals surface area contributed by atoms with Gasteiger partial charge in [-0.15, -0.1) is 0 Å². The van der Waals surface area contributed by atoms with Gasteiger partial charge in [-0.05, 0) is 31.0 Å². The Hall–Kier alpha value is -2.94. The number of aliphatic hydroxyl groups excluding tert-OH is 1. The molecule has 0 spiro atoms. The zero-order valence-electron chi connectivity index (χ0n) is 17.3. The van der Waals surface area contributed by atoms with Crippen molar-refractivity contribution in [1.82, 2.24) is 15.0 Å². The summed E-state index contributed by atoms with van der Waals surface area (Å²) >= 11 is 12.3. The molecule has 1 aromatic carbocycles. The molecule has 1 amide bonds. The van der Waals surface area contributed by atoms with Crippen molar-refractivity contribution in [1.29, 1.82) is 0 Å². The standard InChI is InChI=1S/C22H22Cl2N6O2/c1-2-13-10-19(29-22(27-13)30-9-7-15(31)12-30)28-18-11-14(6-8-25-18)26-21(32)20-16(23)4-3-5-17(20)24/h3-6,8,10-11,15,31H,2,7,9,12H2,1H3,(H2,25,26,27,28,29,32)/t15-/m0/s1. The third kappa shape index (κ3) is 5.09. The van der Waals surface area contributed by atoms with Gasteiger partial charge in [-0.2, -0.15) is 4.98 Å². The minimum Gasteiger partial charge on any atom is -0.391 e. The lowest BCUT2D eigenvalue weighted by atomic mass is 10.2. The smallest absolute Gasteiger partial charge is 0.258 e. The van der Waals surface area contributed by atoms with Gasteiger partial charge >= 0.3 is 0 Å². The van der Waals surface area contributed by atoms with Crippen LogP contribution < -0.4 is 15.5 Å². The molecule has 3 heterocycles. The van der Waals surface area contributed by atoms with Crippen LogP contribution in [0.25, 0.3) is 0 Å². The molecule has 2 aromatic heterocycles. The highest BCUT2D eigenvalue weighted by atomic mass is 35.5. The lowest BCUT2D eigenvalue weighted by Gasteiger charge is -2.17. The Morgan fingerprint density at radius 3 is 2.66 bits per heavy atom. The summed E-state index contributed by atoms with van der Waals surface area (Å²) < 4.78 is 0. The molecule has 3 N–H and O–H groups in total. The van der Waals surface area contributed by atoms with Gasteiger partial charge in [0.1, 0.15) is 11.6 Å². The number of benzene rings is 1. The van der Waals surface area contributed by atoms with Crippen LogP contribution in [0.15, 0.2) is 42.6 Å². The van der Waals surface area contributed by atoms with E-state index in [-0.39, 0.29) is 21.7 Å². The van der Waals surface area contributed by atoms with E-state index in [1.807, 2.05) is 17.9 Å². The molecule has 0 bridgehead atoms. The molecular formula is C22H22Cl2N6O2. The Morgan fingerprint density at radius 2 is 1.97 bits per heavy atom. The van der Waals surface area contributed by atoms with Crippen molar-refractivity contribution in [3.63, 3.8) is 0 Å². The first-order chi connectivity index (χ1) is 15.4. The van der Waals surface area contributed by atoms with E-state index >= 15 is 0 Å². The van der Waals surface area contributed by atoms with Crippen molar-refractivity contribution in [2.75, 3.05) is 28.6 Å². The fraction of sp³-hybridized carbons (Fsp3) is 0.273. The SMILES string of the molecule is CCc1cc(Nc2cc(NC(=O)c3c(Cl)cccc3Cl)ccn2)nc(N2CC[C@H](O)C2)n1. The summed E-state index contributed by atoms with van der Waals surface area (Å²) in [5, 5.41) is 16.4. The van der Waals surface area contributed by atoms with Gasteiger partial charge in [-0.3, -0.25) is 4.79 Å². The highest BCUT2D eigenvalue weighted by Gasteiger charge is 2.23. The molecule has 3 aromatic rings. The Labute approximate surface area is 195 Å². The number of nitrogens with one attached hydrogen (secondary N) is 2. The second kappa shape index (κ2) is 9.68. The third-order valence-electron chi connectivity index (χ3n) is 5.04. The fourth-order valence-corrected chi connectivity index (χ4v) is 3.98. The second-order valence-corrected chi connectivity index (χ2v) is 8.21. The number of amides is 1. The van der Waals surface area contributed by atoms with Crippen LogP contribution in [0.3, 0.4) is 0 Å². The summed E-state index contributed by atoms with van der Waals surface area (Å²) in [4.78, 5) is 28.1. The number of aromatic nitrogens is 3. The molecule has 1 aliphatic heterocycles. The van der Waals surface area contributed by atoms with Crippen LogP contribution in [-0.2, 0) is 6.42 Å². The monoisotopic (exact) mass is 472 g/mol. The molecule has 0 aliphatic carbocycles. The molecule has 166 valence electrons. The van der Waals surface area contributed by atoms with Crippen LogP contribution in [0, 0.1) is 0 Å². The number of nitrogens with zero attached hydrogens (tertiary/aromatic N) is 4. The average Bonchev–Trinajstić information content (AvgIpc) is 3.20. The minimum atomic E-state index is -0.414. The van der Waals surface area contributed by atoms with E-state index in [0.29, 0.717) is 42.8 Å². The summed E-state index contributed by atoms with van der Waals surface area (Å²) in [5.74, 6) is 1.24. The lowest BCUT2D eigenvalue weighted by Crippen LogP contribution is -2.24. The van der Waals surface area contributed by atoms with Gasteiger partial charge in [0.15, 0.2) is 0 Å². The van der Waals surface area contributed by atoms with Gasteiger partial charge in [0.25, 0.3) is 5.91 Å². The van der Waals surface area contributed by atoms with Crippen LogP contribution in [0.5, 0.6) is 0 Å². The van der Waals surface area contributed by atoms with Gasteiger partial charge in [-0.25, -0.2) is 9.97 Å². The fourth-order valence-electron chi connectivity index (χ4n) is 3.41. The first kappa shape index (κ1) is 22.3. The lowest BCUT2D eigenvalue weighted by molar-refractivity contribution is 0.102. The quantitative estimate of drug-likeness (QED) is 0.490. The van der Waals surface area contributed by atoms with E-state index in [9.17, 15) is 9.90 Å². The number of carbonyl (C=O) groups excluding carboxylic acids is 1. The number of rotatable bonds is 6. The molecule has 1 fully saturated rings. The van der Waals surface area contributed by atoms with Crippen LogP contribution in [0.1, 0.15) is 29.4 Å². The van der Waals surface area contributed by atoms with Crippen molar-refractivity contribution in [2.45, 2.75) is 25.9 Å². The van der Waals surface area contributed by atoms with Crippen molar-refractivity contribution >= 4 is 52.4 Å². The van der Waals surface area contributed by atoms with Crippen molar-refractivity contribution < 1.29 is 9.90 Å². The van der Waals surface area contributed by atoms with Gasteiger partial charge in [0, 0.05) is 42.8 Å². The number of aliphatic hydroxyl groups is 1. The van der Waals surface area contributed by atoms with E-state index < -0.39 is 5.91 Å². The minimum absolute atomic E-state index is 0.211. The van der Waals surface area contributed by atoms with Crippen molar-refractivity contribution in [2.24, 2.45) is 0 Å². The summed E-state index contributed by atoms with van der Waals surface area (Å²) in [5.41, 5.74) is 1.61. The molecule has 0 saturated carbocycles. The molecule has 32 heavy (non-hydrogen) atoms. The van der Waals surface area contributed by atoms with E-state index in [1.54, 1.807) is 36.5 Å². The van der Waals surface area contributed by atoms with Crippen LogP contribution in [0.2, 0.25) is 10.0 Å². The predicted octanol–water partition coefficient (Wildman–Crippen LogP) is 4.31. The maximum atomic E-state index is 12.7. The largest absolute Gasteiger partial charge is 0.391 e. The molecule has 1 saturated heterocycles. The van der Waals surface area contributed by atoms with E-state index in [1.165, 1.54) is 0 Å². The predicted molar refractivity (Wildman–Crippen MR) is 126 cm³/mol. The third-order valence-corrected chi connectivity index (χ3v) is 5.67. The number of β-amino-alcohol motifs (C(OH)–C–C–N with tert-alkyl or cyclic N) is 1. The van der Waals surface area contributed by atoms with E-state index in [2.05, 4.69) is 25.6 Å². The summed E-state index contributed by atoms with van der Waals surface area (Å²) in [6.07, 6.45) is 2.64. The highest BCUT2D eigenvalue weighted by Crippen LogP contribution is 2.26. The van der Waals surface area contributed by atoms with Crippen molar-refractivity contribution in [3.8, 4) is 0 Å². The molecule has 0 unspecified atom stereocenters. The summed E-state index contributed by atoms with van der Waals surface area (Å²) in [6.45, 7) is 3.23. The number of halogens is 2. The van der Waals surface area contributed by atoms with Gasteiger partial charge in [0.05, 0.1) is 21.7 Å². The van der Waals surface area contributed by atoms with E-state index in [0.717, 1.165) is 12.1 Å². The van der Waals surface area contributed by atoms with E-state index in [4.69, 9.17) is 23.2 Å². The van der Waals surface area contributed by atoms with Gasteiger partial charge in [-0.1, -0.05) is 36.2 Å². The molecule has 10 heteroatoms. The highest BCUT2D eigenvalue weighted by molar-refractivity contribution is 6.40. The van der Waals surface area contributed by atoms with Crippen molar-refractivity contribution in [3.05, 3.63) is 63.9 Å².